The van der Waals surface area contributed by atoms with Crippen molar-refractivity contribution in [2.75, 3.05) is 0 Å². The summed E-state index contributed by atoms with van der Waals surface area (Å²) in [7, 11) is 43.1. The average Bonchev–Trinajstić information content (AvgIpc) is 3.24. The van der Waals surface area contributed by atoms with Crippen molar-refractivity contribution in [3.8, 4) is 0 Å². The molecule has 15 radical (unpaired) electrons. The molecule has 4 aliphatic rings. The van der Waals surface area contributed by atoms with Crippen LogP contribution >= 0.6 is 79.5 Å². The van der Waals surface area contributed by atoms with Crippen molar-refractivity contribution in [3.63, 3.8) is 0 Å². The normalized spacial score (nSPS) is 40.9. The van der Waals surface area contributed by atoms with Gasteiger partial charge in [-0.25, -0.2) is 0 Å². The maximum atomic E-state index is 10.9. The average molecular weight is 1010 g/mol. The molecule has 0 aliphatic heterocycles. The Labute approximate surface area is 392 Å². The molecule has 27 atom stereocenters. The maximum Gasteiger partial charge on any atom is 0.318 e. The molecule has 27 unspecified atom stereocenters. The standard InChI is InChI=1S/C14H27B3O5P3.C8H17B3O4P3.C7H15B3O5P3/c1-8-9(18)11(19-14(2)6-4-3-5-7-14)12(20-17-23)13(22-25-16)10(8)21-24-15;1-3-4(2)6(14-17-9)8(15-18-10)7(5(3)12)13-11-16;1-2-3(11)4(12)6(13-10-16)7(15-18-9)5(2)14-17-8/h8-13,18,24-25H,3-7,23H2,1-2H3;3-8,12,17-18H,16H2,1-2H3;2-7,11-12,17-18H,16H2,1H3. The molecule has 0 saturated heterocycles. The van der Waals surface area contributed by atoms with Crippen molar-refractivity contribution < 1.29 is 66.3 Å². The van der Waals surface area contributed by atoms with E-state index in [-0.39, 0.29) is 87.5 Å². The number of hydrogen-bond acceptors (Lipinski definition) is 14. The quantitative estimate of drug-likeness (QED) is 0.103. The van der Waals surface area contributed by atoms with E-state index < -0.39 is 79.4 Å². The van der Waals surface area contributed by atoms with E-state index in [0.29, 0.717) is 0 Å². The number of rotatable bonds is 20. The van der Waals surface area contributed by atoms with Gasteiger partial charge in [-0.1, -0.05) is 47.0 Å². The number of hydrogen-bond donors (Lipinski definition) is 4. The summed E-state index contributed by atoms with van der Waals surface area (Å²) in [4.78, 5) is 0. The van der Waals surface area contributed by atoms with Crippen LogP contribution in [0, 0.1) is 23.7 Å². The molecule has 0 aromatic carbocycles. The SMILES string of the molecule is [B]POC1C(C)C(C)C(O)C(O[B]P)C1OP[B].[B]POC1C(C)C(O)C(O)C(O[B]P)C1OP[B].[B]POC1C(C)C(O)C(OC2(C)CCCCC2)C(O[B]P)C1OP[B]. The molecule has 0 spiro atoms. The van der Waals surface area contributed by atoms with Crippen molar-refractivity contribution in [1.82, 2.24) is 0 Å². The Hall–Kier alpha value is 3.89. The fourth-order valence-corrected chi connectivity index (χ4v) is 11.7. The molecule has 0 bridgehead atoms. The third kappa shape index (κ3) is 17.6. The lowest BCUT2D eigenvalue weighted by molar-refractivity contribution is -0.231. The molecule has 14 nitrogen and oxygen atoms in total. The highest BCUT2D eigenvalue weighted by Crippen LogP contribution is 2.43. The molecule has 4 saturated carbocycles. The number of ether oxygens (including phenoxy) is 1. The predicted molar refractivity (Wildman–Crippen MR) is 272 cm³/mol. The molecule has 4 fully saturated rings. The highest BCUT2D eigenvalue weighted by atomic mass is 31.1. The molecule has 4 N–H and O–H groups in total. The van der Waals surface area contributed by atoms with Gasteiger partial charge in [0.25, 0.3) is 0 Å². The largest absolute Gasteiger partial charge is 0.427 e. The Bertz CT molecular complexity index is 1090. The second-order valence-corrected chi connectivity index (χ2v) is 19.0. The Kier molecular flexibility index (Phi) is 32.7. The molecular formula is C29H59B9O14P9. The van der Waals surface area contributed by atoms with E-state index in [1.165, 1.54) is 28.0 Å². The second kappa shape index (κ2) is 32.7. The maximum absolute atomic E-state index is 10.9. The number of aliphatic hydroxyl groups excluding tert-OH is 4. The van der Waals surface area contributed by atoms with Crippen LogP contribution < -0.4 is 0 Å². The first kappa shape index (κ1) is 61.0. The van der Waals surface area contributed by atoms with Gasteiger partial charge in [-0.05, 0) is 83.7 Å². The topological polar surface area (TPSA) is 173 Å². The van der Waals surface area contributed by atoms with Gasteiger partial charge in [-0.15, -0.1) is 27.4 Å². The molecule has 0 amide bonds. The third-order valence-electron chi connectivity index (χ3n) is 11.9. The zero-order valence-corrected chi connectivity index (χ0v) is 44.7. The van der Waals surface area contributed by atoms with Crippen LogP contribution in [0.3, 0.4) is 0 Å². The fourth-order valence-electron chi connectivity index (χ4n) is 8.35. The van der Waals surface area contributed by atoms with Gasteiger partial charge in [0, 0.05) is 11.8 Å². The summed E-state index contributed by atoms with van der Waals surface area (Å²) in [5.41, 5.74) is -0.259. The Morgan fingerprint density at radius 2 is 0.754 bits per heavy atom. The summed E-state index contributed by atoms with van der Waals surface area (Å²) < 4.78 is 56.4. The molecular weight excluding hydrogens is 948 g/mol. The summed E-state index contributed by atoms with van der Waals surface area (Å²) in [6, 6.07) is 0. The molecule has 0 heterocycles. The zero-order chi connectivity index (χ0) is 45.9. The van der Waals surface area contributed by atoms with Crippen LogP contribution in [0.25, 0.3) is 0 Å². The molecule has 331 valence electrons. The van der Waals surface area contributed by atoms with Crippen LogP contribution in [0.1, 0.15) is 66.7 Å². The van der Waals surface area contributed by atoms with Crippen molar-refractivity contribution in [3.05, 3.63) is 0 Å². The van der Waals surface area contributed by atoms with E-state index in [9.17, 15) is 20.4 Å². The molecule has 61 heavy (non-hydrogen) atoms. The highest BCUT2D eigenvalue weighted by Gasteiger charge is 2.53. The minimum Gasteiger partial charge on any atom is -0.427 e. The summed E-state index contributed by atoms with van der Waals surface area (Å²) in [5.74, 6) is -0.398. The fraction of sp³-hybridized carbons (Fsp3) is 1.00. The van der Waals surface area contributed by atoms with E-state index in [0.717, 1.165) is 25.7 Å². The Morgan fingerprint density at radius 1 is 0.426 bits per heavy atom. The van der Waals surface area contributed by atoms with Gasteiger partial charge >= 0.3 is 21.6 Å². The smallest absolute Gasteiger partial charge is 0.318 e. The van der Waals surface area contributed by atoms with E-state index in [4.69, 9.17) is 91.2 Å². The van der Waals surface area contributed by atoms with Crippen molar-refractivity contribution in [1.29, 1.82) is 0 Å². The van der Waals surface area contributed by atoms with E-state index in [1.807, 2.05) is 20.8 Å². The van der Waals surface area contributed by atoms with Gasteiger partial charge in [0.15, 0.2) is 0 Å². The Balaban J connectivity index is 0.000000322. The predicted octanol–water partition coefficient (Wildman–Crippen LogP) is 1.85. The minimum absolute atomic E-state index is 0.0299. The molecule has 4 rings (SSSR count). The van der Waals surface area contributed by atoms with Gasteiger partial charge < -0.3 is 66.3 Å². The summed E-state index contributed by atoms with van der Waals surface area (Å²) in [5, 5.41) is 41.2. The summed E-state index contributed by atoms with van der Waals surface area (Å²) in [6.07, 6.45) is -2.74. The lowest BCUT2D eigenvalue weighted by Crippen LogP contribution is -2.64. The molecule has 0 aromatic rings. The highest BCUT2D eigenvalue weighted by molar-refractivity contribution is 7.63. The van der Waals surface area contributed by atoms with Crippen LogP contribution in [-0.4, -0.2) is 178 Å². The van der Waals surface area contributed by atoms with Crippen LogP contribution in [0.4, 0.5) is 0 Å². The van der Waals surface area contributed by atoms with Gasteiger partial charge in [-0.2, -0.15) is 0 Å². The molecule has 4 aliphatic carbocycles. The minimum atomic E-state index is -1.07. The second-order valence-electron chi connectivity index (χ2n) is 15.4. The first-order chi connectivity index (χ1) is 29.1. The van der Waals surface area contributed by atoms with E-state index in [1.54, 1.807) is 6.92 Å². The van der Waals surface area contributed by atoms with Crippen molar-refractivity contribution in [2.45, 2.75) is 158 Å². The van der Waals surface area contributed by atoms with Crippen molar-refractivity contribution >= 4 is 146 Å². The van der Waals surface area contributed by atoms with E-state index >= 15 is 0 Å². The lowest BCUT2D eigenvalue weighted by atomic mass is 9.74. The van der Waals surface area contributed by atoms with Crippen LogP contribution in [0.5, 0.6) is 0 Å². The van der Waals surface area contributed by atoms with Crippen LogP contribution in [0.15, 0.2) is 0 Å². The van der Waals surface area contributed by atoms with Crippen LogP contribution in [0.2, 0.25) is 0 Å². The third-order valence-corrected chi connectivity index (χ3v) is 14.8. The monoisotopic (exact) mass is 1010 g/mol. The van der Waals surface area contributed by atoms with Gasteiger partial charge in [0.2, 0.25) is 0 Å². The lowest BCUT2D eigenvalue weighted by Gasteiger charge is -2.50. The van der Waals surface area contributed by atoms with Crippen LogP contribution in [-0.2, 0) is 45.8 Å². The Morgan fingerprint density at radius 3 is 1.16 bits per heavy atom. The first-order valence-corrected chi connectivity index (χ1v) is 27.7. The van der Waals surface area contributed by atoms with Gasteiger partial charge in [-0.3, -0.25) is 0 Å². The van der Waals surface area contributed by atoms with Gasteiger partial charge in [0.05, 0.1) is 60.5 Å². The number of aliphatic hydroxyl groups is 4. The van der Waals surface area contributed by atoms with Gasteiger partial charge in [0.1, 0.15) is 75.9 Å². The molecule has 32 heteroatoms. The molecule has 0 aromatic heterocycles. The summed E-state index contributed by atoms with van der Waals surface area (Å²) in [6.45, 7) is 9.77. The summed E-state index contributed by atoms with van der Waals surface area (Å²) >= 11 is 0. The van der Waals surface area contributed by atoms with E-state index in [2.05, 4.69) is 34.3 Å². The van der Waals surface area contributed by atoms with Crippen molar-refractivity contribution in [2.24, 2.45) is 23.7 Å². The zero-order valence-electron chi connectivity index (χ0n) is 35.2. The first-order valence-electron chi connectivity index (χ1n) is 19.8.